The number of benzene rings is 1. The van der Waals surface area contributed by atoms with E-state index in [9.17, 15) is 9.59 Å². The molecular formula is C23H27Cl2N3O3. The Labute approximate surface area is 192 Å². The molecule has 31 heavy (non-hydrogen) atoms. The predicted octanol–water partition coefficient (Wildman–Crippen LogP) is 4.47. The molecule has 0 saturated carbocycles. The molecule has 2 aromatic rings. The Bertz CT molecular complexity index is 932. The van der Waals surface area contributed by atoms with E-state index in [1.165, 1.54) is 0 Å². The zero-order chi connectivity index (χ0) is 22.4. The first-order valence-electron chi connectivity index (χ1n) is 10.5. The molecule has 2 heterocycles. The number of ether oxygens (including phenoxy) is 1. The van der Waals surface area contributed by atoms with Gasteiger partial charge in [-0.1, -0.05) is 29.3 Å². The van der Waals surface area contributed by atoms with Gasteiger partial charge in [0.1, 0.15) is 5.69 Å². The third-order valence-electron chi connectivity index (χ3n) is 5.47. The molecule has 1 aliphatic rings. The number of carbonyl (C=O) groups excluding carboxylic acids is 2. The highest BCUT2D eigenvalue weighted by Crippen LogP contribution is 2.27. The molecule has 1 aromatic heterocycles. The van der Waals surface area contributed by atoms with Gasteiger partial charge in [0.2, 0.25) is 0 Å². The molecule has 3 rings (SSSR count). The lowest BCUT2D eigenvalue weighted by Gasteiger charge is -2.32. The quantitative estimate of drug-likeness (QED) is 0.444. The fourth-order valence-corrected chi connectivity index (χ4v) is 4.10. The Hall–Kier alpha value is -1.99. The standard InChI is InChI=1S/C23H27Cl2N3O3/c1-3-31-23(30)20-6-4-5-19(28-20)14(2)27-21(15-9-11-26-12-10-15)22(29)16-7-8-17(24)18(25)13-16/h4-8,13-15,21,26-27H,3,9-12H2,1-2H3. The second-order valence-corrected chi connectivity index (χ2v) is 8.43. The Morgan fingerprint density at radius 1 is 1.19 bits per heavy atom. The van der Waals surface area contributed by atoms with Crippen LogP contribution in [0.5, 0.6) is 0 Å². The lowest BCUT2D eigenvalue weighted by Crippen LogP contribution is -2.47. The highest BCUT2D eigenvalue weighted by Gasteiger charge is 2.32. The molecule has 1 saturated heterocycles. The van der Waals surface area contributed by atoms with Gasteiger partial charge in [-0.25, -0.2) is 9.78 Å². The number of nitrogens with zero attached hydrogens (tertiary/aromatic N) is 1. The fourth-order valence-electron chi connectivity index (χ4n) is 3.80. The van der Waals surface area contributed by atoms with E-state index in [1.54, 1.807) is 37.3 Å². The minimum atomic E-state index is -0.460. The smallest absolute Gasteiger partial charge is 0.356 e. The van der Waals surface area contributed by atoms with E-state index in [0.717, 1.165) is 25.9 Å². The second kappa shape index (κ2) is 11.0. The zero-order valence-corrected chi connectivity index (χ0v) is 19.2. The number of halogens is 2. The van der Waals surface area contributed by atoms with Gasteiger partial charge in [0, 0.05) is 11.6 Å². The average molecular weight is 464 g/mol. The summed E-state index contributed by atoms with van der Waals surface area (Å²) in [4.78, 5) is 30.0. The van der Waals surface area contributed by atoms with Gasteiger partial charge in [-0.2, -0.15) is 0 Å². The summed E-state index contributed by atoms with van der Waals surface area (Å²) in [6.07, 6.45) is 1.77. The summed E-state index contributed by atoms with van der Waals surface area (Å²) < 4.78 is 5.05. The van der Waals surface area contributed by atoms with Crippen LogP contribution in [-0.4, -0.2) is 42.5 Å². The zero-order valence-electron chi connectivity index (χ0n) is 17.7. The SMILES string of the molecule is CCOC(=O)c1cccc(C(C)NC(C(=O)c2ccc(Cl)c(Cl)c2)C2CCNCC2)n1. The monoisotopic (exact) mass is 463 g/mol. The van der Waals surface area contributed by atoms with Crippen LogP contribution in [0.25, 0.3) is 0 Å². The van der Waals surface area contributed by atoms with E-state index in [-0.39, 0.29) is 30.0 Å². The van der Waals surface area contributed by atoms with Crippen molar-refractivity contribution in [2.24, 2.45) is 5.92 Å². The van der Waals surface area contributed by atoms with Gasteiger partial charge in [-0.15, -0.1) is 0 Å². The van der Waals surface area contributed by atoms with Crippen LogP contribution in [0.1, 0.15) is 59.3 Å². The van der Waals surface area contributed by atoms with Crippen molar-refractivity contribution >= 4 is 35.0 Å². The van der Waals surface area contributed by atoms with Crippen molar-refractivity contribution in [3.05, 3.63) is 63.4 Å². The summed E-state index contributed by atoms with van der Waals surface area (Å²) in [7, 11) is 0. The number of pyridine rings is 1. The highest BCUT2D eigenvalue weighted by atomic mass is 35.5. The molecule has 2 N–H and O–H groups in total. The number of Topliss-reactive ketones (excluding diaryl/α,β-unsaturated/α-hetero) is 1. The molecule has 1 fully saturated rings. The molecule has 166 valence electrons. The predicted molar refractivity (Wildman–Crippen MR) is 122 cm³/mol. The van der Waals surface area contributed by atoms with Crippen LogP contribution in [0.3, 0.4) is 0 Å². The van der Waals surface area contributed by atoms with E-state index in [0.29, 0.717) is 21.3 Å². The number of rotatable bonds is 8. The largest absolute Gasteiger partial charge is 0.461 e. The summed E-state index contributed by atoms with van der Waals surface area (Å²) in [5.41, 5.74) is 1.44. The molecule has 0 aliphatic carbocycles. The summed E-state index contributed by atoms with van der Waals surface area (Å²) in [6, 6.07) is 9.53. The van der Waals surface area contributed by atoms with E-state index in [1.807, 2.05) is 13.0 Å². The minimum absolute atomic E-state index is 0.0288. The van der Waals surface area contributed by atoms with Crippen molar-refractivity contribution < 1.29 is 14.3 Å². The first-order valence-corrected chi connectivity index (χ1v) is 11.3. The highest BCUT2D eigenvalue weighted by molar-refractivity contribution is 6.42. The van der Waals surface area contributed by atoms with Crippen molar-refractivity contribution in [1.82, 2.24) is 15.6 Å². The molecule has 0 amide bonds. The van der Waals surface area contributed by atoms with Crippen LogP contribution < -0.4 is 10.6 Å². The number of carbonyl (C=O) groups is 2. The number of hydrogen-bond donors (Lipinski definition) is 2. The topological polar surface area (TPSA) is 80.3 Å². The Balaban J connectivity index is 1.84. The second-order valence-electron chi connectivity index (χ2n) is 7.61. The van der Waals surface area contributed by atoms with Gasteiger partial charge in [0.25, 0.3) is 0 Å². The minimum Gasteiger partial charge on any atom is -0.461 e. The molecule has 0 bridgehead atoms. The summed E-state index contributed by atoms with van der Waals surface area (Å²) in [5.74, 6) is -0.323. The Morgan fingerprint density at radius 3 is 2.61 bits per heavy atom. The van der Waals surface area contributed by atoms with Gasteiger partial charge < -0.3 is 10.1 Å². The molecule has 2 unspecified atom stereocenters. The maximum absolute atomic E-state index is 13.5. The van der Waals surface area contributed by atoms with Gasteiger partial charge in [0.15, 0.2) is 5.78 Å². The van der Waals surface area contributed by atoms with Gasteiger partial charge in [-0.3, -0.25) is 10.1 Å². The summed E-state index contributed by atoms with van der Waals surface area (Å²) in [5, 5.41) is 7.58. The third kappa shape index (κ3) is 6.04. The number of piperidine rings is 1. The van der Waals surface area contributed by atoms with Crippen LogP contribution in [-0.2, 0) is 4.74 Å². The van der Waals surface area contributed by atoms with Crippen LogP contribution in [0.4, 0.5) is 0 Å². The first kappa shape index (κ1) is 23.7. The van der Waals surface area contributed by atoms with Gasteiger partial charge in [-0.05, 0) is 76.0 Å². The number of aromatic nitrogens is 1. The fraction of sp³-hybridized carbons (Fsp3) is 0.435. The molecule has 8 heteroatoms. The molecule has 2 atom stereocenters. The normalized spacial score (nSPS) is 16.5. The summed E-state index contributed by atoms with van der Waals surface area (Å²) in [6.45, 7) is 5.71. The van der Waals surface area contributed by atoms with Crippen LogP contribution in [0.2, 0.25) is 10.0 Å². The number of hydrogen-bond acceptors (Lipinski definition) is 6. The molecule has 0 spiro atoms. The third-order valence-corrected chi connectivity index (χ3v) is 6.21. The van der Waals surface area contributed by atoms with E-state index >= 15 is 0 Å². The lowest BCUT2D eigenvalue weighted by molar-refractivity contribution is 0.0518. The average Bonchev–Trinajstić information content (AvgIpc) is 2.79. The van der Waals surface area contributed by atoms with E-state index in [2.05, 4.69) is 15.6 Å². The maximum Gasteiger partial charge on any atom is 0.356 e. The van der Waals surface area contributed by atoms with Gasteiger partial charge >= 0.3 is 5.97 Å². The van der Waals surface area contributed by atoms with Crippen molar-refractivity contribution in [3.63, 3.8) is 0 Å². The van der Waals surface area contributed by atoms with E-state index < -0.39 is 12.0 Å². The van der Waals surface area contributed by atoms with Crippen molar-refractivity contribution in [3.8, 4) is 0 Å². The molecule has 0 radical (unpaired) electrons. The molecule has 6 nitrogen and oxygen atoms in total. The number of esters is 1. The van der Waals surface area contributed by atoms with Crippen molar-refractivity contribution in [2.75, 3.05) is 19.7 Å². The molecule has 1 aromatic carbocycles. The van der Waals surface area contributed by atoms with Crippen molar-refractivity contribution in [2.45, 2.75) is 38.8 Å². The summed E-state index contributed by atoms with van der Waals surface area (Å²) >= 11 is 12.2. The van der Waals surface area contributed by atoms with Crippen molar-refractivity contribution in [1.29, 1.82) is 0 Å². The first-order chi connectivity index (χ1) is 14.9. The van der Waals surface area contributed by atoms with Crippen LogP contribution in [0, 0.1) is 5.92 Å². The molecular weight excluding hydrogens is 437 g/mol. The number of ketones is 1. The maximum atomic E-state index is 13.5. The Morgan fingerprint density at radius 2 is 1.94 bits per heavy atom. The van der Waals surface area contributed by atoms with Crippen LogP contribution >= 0.6 is 23.2 Å². The molecule has 1 aliphatic heterocycles. The number of nitrogens with one attached hydrogen (secondary N) is 2. The Kier molecular flexibility index (Phi) is 8.43. The van der Waals surface area contributed by atoms with Gasteiger partial charge in [0.05, 0.1) is 28.4 Å². The van der Waals surface area contributed by atoms with E-state index in [4.69, 9.17) is 27.9 Å². The van der Waals surface area contributed by atoms with Crippen LogP contribution in [0.15, 0.2) is 36.4 Å². The lowest BCUT2D eigenvalue weighted by atomic mass is 9.85.